The average molecular weight is 455 g/mol. The molecule has 1 aromatic rings. The first-order valence-corrected chi connectivity index (χ1v) is 8.94. The van der Waals surface area contributed by atoms with E-state index < -0.39 is 14.6 Å². The normalized spacial score (nSPS) is 12.7. The van der Waals surface area contributed by atoms with Gasteiger partial charge in [-0.1, -0.05) is 0 Å². The van der Waals surface area contributed by atoms with Crippen LogP contribution in [0.1, 0.15) is 27.7 Å². The lowest BCUT2D eigenvalue weighted by molar-refractivity contribution is 0.242. The Bertz CT molecular complexity index is 626. The maximum absolute atomic E-state index is 11.6. The van der Waals surface area contributed by atoms with Crippen molar-refractivity contribution in [2.75, 3.05) is 18.1 Å². The molecule has 0 radical (unpaired) electrons. The average Bonchev–Trinajstić information content (AvgIpc) is 2.37. The number of halogens is 1. The second kappa shape index (κ2) is 8.72. The number of nitrogens with two attached hydrogens (primary N) is 1. The third kappa shape index (κ3) is 7.38. The van der Waals surface area contributed by atoms with E-state index in [1.54, 1.807) is 13.8 Å². The number of nitrogens with zero attached hydrogens (tertiary/aromatic N) is 1. The molecule has 8 heteroatoms. The SMILES string of the molecule is CC(C)Oc1ccc(NC(N)=NCC(C)(C)S(C)(=O)=O)cc1.I. The standard InChI is InChI=1S/C15H25N3O3S.HI/c1-11(2)21-13-8-6-12(7-9-13)18-14(16)17-10-15(3,4)22(5,19)20;/h6-9,11H,10H2,1-5H3,(H3,16,17,18);1H. The van der Waals surface area contributed by atoms with E-state index in [2.05, 4.69) is 10.3 Å². The highest BCUT2D eigenvalue weighted by Gasteiger charge is 2.29. The minimum atomic E-state index is -3.20. The number of sulfone groups is 1. The van der Waals surface area contributed by atoms with E-state index in [0.29, 0.717) is 0 Å². The molecule has 0 fully saturated rings. The van der Waals surface area contributed by atoms with Gasteiger partial charge in [-0.05, 0) is 52.0 Å². The van der Waals surface area contributed by atoms with Gasteiger partial charge in [-0.25, -0.2) is 8.42 Å². The fourth-order valence-corrected chi connectivity index (χ4v) is 1.77. The van der Waals surface area contributed by atoms with Crippen molar-refractivity contribution in [3.8, 4) is 5.75 Å². The van der Waals surface area contributed by atoms with E-state index in [9.17, 15) is 8.42 Å². The first-order chi connectivity index (χ1) is 10.0. The number of guanidine groups is 1. The first-order valence-electron chi connectivity index (χ1n) is 7.04. The Hall–Kier alpha value is -1.03. The predicted octanol–water partition coefficient (Wildman–Crippen LogP) is 2.64. The summed E-state index contributed by atoms with van der Waals surface area (Å²) in [7, 11) is -3.20. The quantitative estimate of drug-likeness (QED) is 0.391. The van der Waals surface area contributed by atoms with Crippen molar-refractivity contribution in [3.63, 3.8) is 0 Å². The van der Waals surface area contributed by atoms with Gasteiger partial charge in [0.25, 0.3) is 0 Å². The number of anilines is 1. The lowest BCUT2D eigenvalue weighted by atomic mass is 10.2. The highest BCUT2D eigenvalue weighted by atomic mass is 127. The Morgan fingerprint density at radius 2 is 1.83 bits per heavy atom. The van der Waals surface area contributed by atoms with E-state index in [1.165, 1.54) is 6.26 Å². The van der Waals surface area contributed by atoms with Crippen LogP contribution >= 0.6 is 24.0 Å². The van der Waals surface area contributed by atoms with Crippen LogP contribution in [0, 0.1) is 0 Å². The third-order valence-corrected chi connectivity index (χ3v) is 5.27. The first kappa shape index (κ1) is 22.0. The van der Waals surface area contributed by atoms with Crippen molar-refractivity contribution in [3.05, 3.63) is 24.3 Å². The summed E-state index contributed by atoms with van der Waals surface area (Å²) in [5.74, 6) is 0.948. The maximum Gasteiger partial charge on any atom is 0.193 e. The van der Waals surface area contributed by atoms with Gasteiger partial charge in [0.2, 0.25) is 0 Å². The number of rotatable bonds is 6. The van der Waals surface area contributed by atoms with E-state index in [1.807, 2.05) is 38.1 Å². The van der Waals surface area contributed by atoms with E-state index >= 15 is 0 Å². The summed E-state index contributed by atoms with van der Waals surface area (Å²) in [5, 5.41) is 2.92. The molecule has 0 heterocycles. The van der Waals surface area contributed by atoms with Gasteiger partial charge in [0.05, 0.1) is 17.4 Å². The van der Waals surface area contributed by atoms with Crippen LogP contribution in [0.4, 0.5) is 5.69 Å². The van der Waals surface area contributed by atoms with Gasteiger partial charge < -0.3 is 15.8 Å². The summed E-state index contributed by atoms with van der Waals surface area (Å²) < 4.78 is 27.8. The van der Waals surface area contributed by atoms with Crippen LogP contribution in [0.3, 0.4) is 0 Å². The Kier molecular flexibility index (Phi) is 8.33. The van der Waals surface area contributed by atoms with E-state index in [4.69, 9.17) is 10.5 Å². The number of aliphatic imine (C=N–C) groups is 1. The minimum Gasteiger partial charge on any atom is -0.491 e. The second-order valence-corrected chi connectivity index (χ2v) is 8.70. The zero-order valence-electron chi connectivity index (χ0n) is 14.2. The number of hydrogen-bond donors (Lipinski definition) is 2. The molecule has 0 spiro atoms. The number of hydrogen-bond acceptors (Lipinski definition) is 4. The van der Waals surface area contributed by atoms with Crippen LogP contribution < -0.4 is 15.8 Å². The van der Waals surface area contributed by atoms with Crippen molar-refractivity contribution in [2.45, 2.75) is 38.5 Å². The molecule has 0 amide bonds. The molecule has 3 N–H and O–H groups in total. The monoisotopic (exact) mass is 455 g/mol. The van der Waals surface area contributed by atoms with Crippen molar-refractivity contribution in [1.82, 2.24) is 0 Å². The molecule has 0 aliphatic heterocycles. The maximum atomic E-state index is 11.6. The number of ether oxygens (including phenoxy) is 1. The Morgan fingerprint density at radius 3 is 2.26 bits per heavy atom. The molecular weight excluding hydrogens is 429 g/mol. The van der Waals surface area contributed by atoms with Crippen LogP contribution in [-0.4, -0.2) is 38.0 Å². The third-order valence-electron chi connectivity index (χ3n) is 3.13. The zero-order valence-corrected chi connectivity index (χ0v) is 17.3. The van der Waals surface area contributed by atoms with Gasteiger partial charge in [-0.3, -0.25) is 4.99 Å². The van der Waals surface area contributed by atoms with Gasteiger partial charge in [0.15, 0.2) is 15.8 Å². The summed E-state index contributed by atoms with van der Waals surface area (Å²) in [6, 6.07) is 7.30. The molecule has 132 valence electrons. The fourth-order valence-electron chi connectivity index (χ4n) is 1.47. The molecule has 0 aliphatic rings. The van der Waals surface area contributed by atoms with Gasteiger partial charge in [0, 0.05) is 11.9 Å². The van der Waals surface area contributed by atoms with Crippen molar-refractivity contribution >= 4 is 45.5 Å². The van der Waals surface area contributed by atoms with Crippen LogP contribution in [0.5, 0.6) is 5.75 Å². The van der Waals surface area contributed by atoms with Crippen LogP contribution in [0.2, 0.25) is 0 Å². The lowest BCUT2D eigenvalue weighted by Gasteiger charge is -2.20. The molecule has 0 unspecified atom stereocenters. The highest BCUT2D eigenvalue weighted by molar-refractivity contribution is 14.0. The molecule has 0 bridgehead atoms. The molecule has 0 aromatic heterocycles. The molecule has 1 aromatic carbocycles. The molecule has 0 saturated heterocycles. The van der Waals surface area contributed by atoms with E-state index in [-0.39, 0.29) is 42.6 Å². The molecule has 0 aliphatic carbocycles. The fraction of sp³-hybridized carbons (Fsp3) is 0.533. The van der Waals surface area contributed by atoms with E-state index in [0.717, 1.165) is 11.4 Å². The van der Waals surface area contributed by atoms with Crippen molar-refractivity contribution in [1.29, 1.82) is 0 Å². The topological polar surface area (TPSA) is 93.8 Å². The van der Waals surface area contributed by atoms with Gasteiger partial charge in [-0.15, -0.1) is 24.0 Å². The number of nitrogens with one attached hydrogen (secondary N) is 1. The Labute approximate surface area is 155 Å². The summed E-state index contributed by atoms with van der Waals surface area (Å²) in [5.41, 5.74) is 6.55. The predicted molar refractivity (Wildman–Crippen MR) is 107 cm³/mol. The summed E-state index contributed by atoms with van der Waals surface area (Å²) in [4.78, 5) is 4.10. The van der Waals surface area contributed by atoms with Gasteiger partial charge in [0.1, 0.15) is 5.75 Å². The summed E-state index contributed by atoms with van der Waals surface area (Å²) >= 11 is 0. The minimum absolute atomic E-state index is 0. The second-order valence-electron chi connectivity index (χ2n) is 6.05. The van der Waals surface area contributed by atoms with Crippen molar-refractivity contribution < 1.29 is 13.2 Å². The van der Waals surface area contributed by atoms with Crippen LogP contribution in [0.25, 0.3) is 0 Å². The number of benzene rings is 1. The van der Waals surface area contributed by atoms with Gasteiger partial charge >= 0.3 is 0 Å². The Morgan fingerprint density at radius 1 is 1.30 bits per heavy atom. The van der Waals surface area contributed by atoms with Crippen LogP contribution in [-0.2, 0) is 9.84 Å². The zero-order chi connectivity index (χ0) is 17.0. The summed E-state index contributed by atoms with van der Waals surface area (Å²) in [6.07, 6.45) is 1.31. The van der Waals surface area contributed by atoms with Gasteiger partial charge in [-0.2, -0.15) is 0 Å². The summed E-state index contributed by atoms with van der Waals surface area (Å²) in [6.45, 7) is 7.26. The van der Waals surface area contributed by atoms with Crippen molar-refractivity contribution in [2.24, 2.45) is 10.7 Å². The smallest absolute Gasteiger partial charge is 0.193 e. The molecule has 0 atom stereocenters. The lowest BCUT2D eigenvalue weighted by Crippen LogP contribution is -2.36. The molecule has 23 heavy (non-hydrogen) atoms. The van der Waals surface area contributed by atoms with Crippen LogP contribution in [0.15, 0.2) is 29.3 Å². The highest BCUT2D eigenvalue weighted by Crippen LogP contribution is 2.17. The molecule has 1 rings (SSSR count). The molecule has 0 saturated carbocycles. The largest absolute Gasteiger partial charge is 0.491 e. The molecule has 6 nitrogen and oxygen atoms in total. The Balaban J connectivity index is 0.00000484. The molecular formula is C15H26IN3O3S.